The van der Waals surface area contributed by atoms with Crippen LogP contribution in [0.3, 0.4) is 0 Å². The quantitative estimate of drug-likeness (QED) is 0.721. The molecule has 0 N–H and O–H groups in total. The van der Waals surface area contributed by atoms with Crippen LogP contribution in [0.2, 0.25) is 0 Å². The highest BCUT2D eigenvalue weighted by Crippen LogP contribution is 2.42. The third kappa shape index (κ3) is 4.65. The van der Waals surface area contributed by atoms with Crippen molar-refractivity contribution in [2.45, 2.75) is 34.6 Å². The second kappa shape index (κ2) is 10.5. The zero-order chi connectivity index (χ0) is 15.4. The van der Waals surface area contributed by atoms with Crippen molar-refractivity contribution in [2.24, 2.45) is 0 Å². The summed E-state index contributed by atoms with van der Waals surface area (Å²) in [4.78, 5) is 0. The molecule has 0 amide bonds. The molecule has 0 aliphatic heterocycles. The molecule has 0 atom stereocenters. The number of rotatable bonds is 3. The van der Waals surface area contributed by atoms with Gasteiger partial charge in [0, 0.05) is 16.8 Å². The van der Waals surface area contributed by atoms with E-state index in [0.717, 1.165) is 10.6 Å². The topological polar surface area (TPSA) is 17.1 Å². The highest BCUT2D eigenvalue weighted by atomic mass is 31.2. The minimum atomic E-state index is -2.40. The van der Waals surface area contributed by atoms with E-state index in [1.54, 1.807) is 0 Å². The molecule has 0 saturated carbocycles. The van der Waals surface area contributed by atoms with Crippen LogP contribution in [0.1, 0.15) is 34.6 Å². The standard InChI is InChI=1S/C14H15OP.2C2H6/c1-2-16(15,13-9-5-3-6-10-13)14-11-7-4-8-12-14;2*1-2/h3-12H,2H2,1H3;2*1-2H3. The van der Waals surface area contributed by atoms with Crippen LogP contribution in [0.15, 0.2) is 60.7 Å². The molecule has 2 rings (SSSR count). The molecule has 2 heteroatoms. The zero-order valence-electron chi connectivity index (χ0n) is 13.3. The second-order valence-corrected chi connectivity index (χ2v) is 6.87. The maximum absolute atomic E-state index is 13.0. The Bertz CT molecular complexity index is 448. The fourth-order valence-electron chi connectivity index (χ4n) is 1.85. The van der Waals surface area contributed by atoms with Crippen molar-refractivity contribution in [3.05, 3.63) is 60.7 Å². The lowest BCUT2D eigenvalue weighted by atomic mass is 10.4. The molecular weight excluding hydrogens is 263 g/mol. The maximum Gasteiger partial charge on any atom is 0.142 e. The molecule has 2 aromatic rings. The van der Waals surface area contributed by atoms with Crippen molar-refractivity contribution >= 4 is 17.8 Å². The Balaban J connectivity index is 0.000000829. The molecule has 0 aliphatic carbocycles. The summed E-state index contributed by atoms with van der Waals surface area (Å²) in [5.74, 6) is 0. The molecule has 2 aromatic carbocycles. The van der Waals surface area contributed by atoms with Crippen LogP contribution < -0.4 is 10.6 Å². The van der Waals surface area contributed by atoms with Crippen molar-refractivity contribution < 1.29 is 4.57 Å². The summed E-state index contributed by atoms with van der Waals surface area (Å²) < 4.78 is 13.0. The minimum Gasteiger partial charge on any atom is -0.314 e. The van der Waals surface area contributed by atoms with Gasteiger partial charge in [0.2, 0.25) is 0 Å². The summed E-state index contributed by atoms with van der Waals surface area (Å²) in [6.07, 6.45) is 0.668. The van der Waals surface area contributed by atoms with Crippen molar-refractivity contribution in [3.63, 3.8) is 0 Å². The Morgan fingerprint density at radius 1 is 0.700 bits per heavy atom. The molecule has 0 aliphatic rings. The summed E-state index contributed by atoms with van der Waals surface area (Å²) in [6, 6.07) is 19.5. The van der Waals surface area contributed by atoms with E-state index in [4.69, 9.17) is 0 Å². The lowest BCUT2D eigenvalue weighted by Gasteiger charge is -2.16. The summed E-state index contributed by atoms with van der Waals surface area (Å²) in [5, 5.41) is 1.90. The van der Waals surface area contributed by atoms with Gasteiger partial charge in [-0.25, -0.2) is 0 Å². The Hall–Kier alpha value is -1.33. The Kier molecular flexibility index (Phi) is 9.76. The molecule has 0 fully saturated rings. The molecule has 110 valence electrons. The van der Waals surface area contributed by atoms with Gasteiger partial charge in [-0.3, -0.25) is 0 Å². The summed E-state index contributed by atoms with van der Waals surface area (Å²) in [6.45, 7) is 9.99. The molecule has 1 nitrogen and oxygen atoms in total. The van der Waals surface area contributed by atoms with Gasteiger partial charge in [-0.1, -0.05) is 95.3 Å². The molecule has 0 unspecified atom stereocenters. The van der Waals surface area contributed by atoms with Crippen LogP contribution in [0.5, 0.6) is 0 Å². The van der Waals surface area contributed by atoms with Crippen molar-refractivity contribution in [1.29, 1.82) is 0 Å². The first-order chi connectivity index (χ1) is 9.77. The normalized spacial score (nSPS) is 9.65. The monoisotopic (exact) mass is 290 g/mol. The van der Waals surface area contributed by atoms with Crippen LogP contribution in [0, 0.1) is 0 Å². The van der Waals surface area contributed by atoms with Crippen LogP contribution >= 0.6 is 7.14 Å². The SMILES string of the molecule is CC.CC.CCP(=O)(c1ccccc1)c1ccccc1. The third-order valence-electron chi connectivity index (χ3n) is 2.79. The Labute approximate surface area is 124 Å². The first-order valence-electron chi connectivity index (χ1n) is 7.47. The fourth-order valence-corrected chi connectivity index (χ4v) is 4.19. The van der Waals surface area contributed by atoms with E-state index in [1.165, 1.54) is 0 Å². The van der Waals surface area contributed by atoms with Gasteiger partial charge < -0.3 is 4.57 Å². The number of benzene rings is 2. The average molecular weight is 290 g/mol. The first kappa shape index (κ1) is 18.7. The minimum absolute atomic E-state index is 0.668. The van der Waals surface area contributed by atoms with Gasteiger partial charge in [-0.2, -0.15) is 0 Å². The van der Waals surface area contributed by atoms with Gasteiger partial charge in [0.15, 0.2) is 0 Å². The van der Waals surface area contributed by atoms with E-state index >= 15 is 0 Å². The van der Waals surface area contributed by atoms with E-state index in [9.17, 15) is 4.57 Å². The summed E-state index contributed by atoms with van der Waals surface area (Å²) in [5.41, 5.74) is 0. The van der Waals surface area contributed by atoms with Gasteiger partial charge in [0.1, 0.15) is 7.14 Å². The molecule has 0 spiro atoms. The van der Waals surface area contributed by atoms with Gasteiger partial charge >= 0.3 is 0 Å². The smallest absolute Gasteiger partial charge is 0.142 e. The summed E-state index contributed by atoms with van der Waals surface area (Å²) >= 11 is 0. The summed E-state index contributed by atoms with van der Waals surface area (Å²) in [7, 11) is -2.40. The van der Waals surface area contributed by atoms with Gasteiger partial charge in [-0.05, 0) is 0 Å². The van der Waals surface area contributed by atoms with Crippen LogP contribution in [-0.2, 0) is 4.57 Å². The Morgan fingerprint density at radius 3 is 1.25 bits per heavy atom. The first-order valence-corrected chi connectivity index (χ1v) is 9.37. The number of hydrogen-bond donors (Lipinski definition) is 0. The third-order valence-corrected chi connectivity index (χ3v) is 5.95. The van der Waals surface area contributed by atoms with Gasteiger partial charge in [-0.15, -0.1) is 0 Å². The lowest BCUT2D eigenvalue weighted by molar-refractivity contribution is 0.587. The van der Waals surface area contributed by atoms with Gasteiger partial charge in [0.25, 0.3) is 0 Å². The van der Waals surface area contributed by atoms with Crippen LogP contribution in [0.25, 0.3) is 0 Å². The van der Waals surface area contributed by atoms with Crippen LogP contribution in [0.4, 0.5) is 0 Å². The maximum atomic E-state index is 13.0. The highest BCUT2D eigenvalue weighted by molar-refractivity contribution is 7.78. The molecule has 0 aromatic heterocycles. The van der Waals surface area contributed by atoms with Crippen molar-refractivity contribution in [3.8, 4) is 0 Å². The highest BCUT2D eigenvalue weighted by Gasteiger charge is 2.23. The average Bonchev–Trinajstić information content (AvgIpc) is 2.59. The predicted octanol–water partition coefficient (Wildman–Crippen LogP) is 5.07. The van der Waals surface area contributed by atoms with E-state index < -0.39 is 7.14 Å². The molecule has 0 heterocycles. The lowest BCUT2D eigenvalue weighted by Crippen LogP contribution is -2.17. The Morgan fingerprint density at radius 2 is 1.00 bits per heavy atom. The molecule has 0 saturated heterocycles. The molecule has 20 heavy (non-hydrogen) atoms. The second-order valence-electron chi connectivity index (χ2n) is 3.73. The van der Waals surface area contributed by atoms with E-state index in [0.29, 0.717) is 6.16 Å². The largest absolute Gasteiger partial charge is 0.314 e. The fraction of sp³-hybridized carbons (Fsp3) is 0.333. The molecular formula is C18H27OP. The van der Waals surface area contributed by atoms with Crippen molar-refractivity contribution in [1.82, 2.24) is 0 Å². The molecule has 0 radical (unpaired) electrons. The van der Waals surface area contributed by atoms with Crippen molar-refractivity contribution in [2.75, 3.05) is 6.16 Å². The van der Waals surface area contributed by atoms with Crippen LogP contribution in [-0.4, -0.2) is 6.16 Å². The number of hydrogen-bond acceptors (Lipinski definition) is 1. The zero-order valence-corrected chi connectivity index (χ0v) is 14.2. The van der Waals surface area contributed by atoms with Gasteiger partial charge in [0.05, 0.1) is 0 Å². The van der Waals surface area contributed by atoms with E-state index in [2.05, 4.69) is 0 Å². The van der Waals surface area contributed by atoms with E-state index in [1.807, 2.05) is 95.3 Å². The molecule has 0 bridgehead atoms. The van der Waals surface area contributed by atoms with E-state index in [-0.39, 0.29) is 0 Å². The predicted molar refractivity (Wildman–Crippen MR) is 93.0 cm³/mol.